The summed E-state index contributed by atoms with van der Waals surface area (Å²) in [6.45, 7) is 11.2. The van der Waals surface area contributed by atoms with Crippen molar-refractivity contribution in [2.45, 2.75) is 47.5 Å². The molecule has 0 radical (unpaired) electrons. The van der Waals surface area contributed by atoms with Gasteiger partial charge in [-0.1, -0.05) is 19.9 Å². The number of ketones is 1. The molecule has 3 aromatic rings. The molecule has 0 amide bonds. The van der Waals surface area contributed by atoms with Crippen LogP contribution < -0.4 is 5.32 Å². The number of thiazole rings is 1. The van der Waals surface area contributed by atoms with Crippen molar-refractivity contribution in [3.63, 3.8) is 0 Å². The van der Waals surface area contributed by atoms with Crippen LogP contribution in [0, 0.1) is 6.92 Å². The molecule has 0 aliphatic carbocycles. The van der Waals surface area contributed by atoms with Crippen molar-refractivity contribution in [3.8, 4) is 10.6 Å². The zero-order valence-corrected chi connectivity index (χ0v) is 19.5. The van der Waals surface area contributed by atoms with Crippen molar-refractivity contribution in [1.29, 1.82) is 0 Å². The maximum absolute atomic E-state index is 12.4. The number of pyridine rings is 2. The molecule has 0 aliphatic rings. The van der Waals surface area contributed by atoms with Gasteiger partial charge in [0.25, 0.3) is 0 Å². The Morgan fingerprint density at radius 3 is 2.45 bits per heavy atom. The topological polar surface area (TPSA) is 94.1 Å². The largest absolute Gasteiger partial charge is 0.461 e. The van der Waals surface area contributed by atoms with Crippen LogP contribution in [0.15, 0.2) is 36.5 Å². The highest BCUT2D eigenvalue weighted by molar-refractivity contribution is 7.15. The first-order valence-electron chi connectivity index (χ1n) is 10.0. The Hall–Kier alpha value is -3.13. The molecule has 3 rings (SSSR count). The van der Waals surface area contributed by atoms with Crippen molar-refractivity contribution < 1.29 is 14.3 Å². The van der Waals surface area contributed by atoms with Gasteiger partial charge in [0.05, 0.1) is 22.2 Å². The number of hydrogen-bond acceptors (Lipinski definition) is 8. The summed E-state index contributed by atoms with van der Waals surface area (Å²) in [7, 11) is 0. The molecule has 1 N–H and O–H groups in total. The van der Waals surface area contributed by atoms with E-state index in [1.807, 2.05) is 51.1 Å². The molecule has 0 atom stereocenters. The van der Waals surface area contributed by atoms with Crippen LogP contribution in [0.1, 0.15) is 61.6 Å². The maximum Gasteiger partial charge on any atom is 0.358 e. The SMILES string of the molecule is CC(C)=O.CCOC(=O)c1nc(C(C)C)sc1-c1cccc(Nc2cc(C)ccn2)n1. The molecule has 31 heavy (non-hydrogen) atoms. The zero-order chi connectivity index (χ0) is 23.0. The second kappa shape index (κ2) is 11.3. The Kier molecular flexibility index (Phi) is 8.81. The Bertz CT molecular complexity index is 1040. The summed E-state index contributed by atoms with van der Waals surface area (Å²) in [6, 6.07) is 9.51. The number of carbonyl (C=O) groups is 2. The van der Waals surface area contributed by atoms with Crippen LogP contribution in [0.4, 0.5) is 11.6 Å². The van der Waals surface area contributed by atoms with Crippen LogP contribution in [-0.4, -0.2) is 33.3 Å². The second-order valence-electron chi connectivity index (χ2n) is 7.26. The van der Waals surface area contributed by atoms with Gasteiger partial charge in [0, 0.05) is 12.1 Å². The number of ether oxygens (including phenoxy) is 1. The van der Waals surface area contributed by atoms with E-state index in [1.165, 1.54) is 25.2 Å². The number of anilines is 2. The highest BCUT2D eigenvalue weighted by atomic mass is 32.1. The average Bonchev–Trinajstić information content (AvgIpc) is 3.14. The predicted molar refractivity (Wildman–Crippen MR) is 124 cm³/mol. The number of Topliss-reactive ketones (excluding diaryl/α,β-unsaturated/α-hetero) is 1. The number of nitrogens with zero attached hydrogens (tertiary/aromatic N) is 3. The van der Waals surface area contributed by atoms with E-state index >= 15 is 0 Å². The monoisotopic (exact) mass is 440 g/mol. The fraction of sp³-hybridized carbons (Fsp3) is 0.348. The quantitative estimate of drug-likeness (QED) is 0.502. The lowest BCUT2D eigenvalue weighted by molar-refractivity contribution is -0.115. The van der Waals surface area contributed by atoms with E-state index in [0.717, 1.165) is 21.3 Å². The van der Waals surface area contributed by atoms with Crippen molar-refractivity contribution in [2.75, 3.05) is 11.9 Å². The van der Waals surface area contributed by atoms with E-state index < -0.39 is 5.97 Å². The lowest BCUT2D eigenvalue weighted by Gasteiger charge is -2.07. The van der Waals surface area contributed by atoms with E-state index in [0.29, 0.717) is 23.8 Å². The molecule has 0 spiro atoms. The molecule has 0 aliphatic heterocycles. The summed E-state index contributed by atoms with van der Waals surface area (Å²) < 4.78 is 5.17. The van der Waals surface area contributed by atoms with Crippen LogP contribution in [0.2, 0.25) is 0 Å². The fourth-order valence-electron chi connectivity index (χ4n) is 2.46. The van der Waals surface area contributed by atoms with E-state index in [2.05, 4.69) is 20.3 Å². The Morgan fingerprint density at radius 2 is 1.84 bits per heavy atom. The third-order valence-corrected chi connectivity index (χ3v) is 5.14. The number of rotatable bonds is 6. The van der Waals surface area contributed by atoms with Crippen LogP contribution in [0.3, 0.4) is 0 Å². The first-order valence-corrected chi connectivity index (χ1v) is 10.8. The molecule has 0 unspecified atom stereocenters. The number of aryl methyl sites for hydroxylation is 1. The smallest absolute Gasteiger partial charge is 0.358 e. The number of carbonyl (C=O) groups excluding carboxylic acids is 2. The van der Waals surface area contributed by atoms with Gasteiger partial charge < -0.3 is 14.8 Å². The van der Waals surface area contributed by atoms with Crippen LogP contribution in [-0.2, 0) is 9.53 Å². The normalized spacial score (nSPS) is 10.3. The van der Waals surface area contributed by atoms with Crippen molar-refractivity contribution >= 4 is 34.7 Å². The van der Waals surface area contributed by atoms with Gasteiger partial charge in [0.2, 0.25) is 0 Å². The summed E-state index contributed by atoms with van der Waals surface area (Å²) in [5.74, 6) is 1.34. The van der Waals surface area contributed by atoms with Gasteiger partial charge in [-0.25, -0.2) is 19.7 Å². The van der Waals surface area contributed by atoms with E-state index in [1.54, 1.807) is 13.1 Å². The lowest BCUT2D eigenvalue weighted by atomic mass is 10.2. The van der Waals surface area contributed by atoms with Gasteiger partial charge in [0.1, 0.15) is 17.4 Å². The number of aromatic nitrogens is 3. The van der Waals surface area contributed by atoms with E-state index in [-0.39, 0.29) is 11.7 Å². The fourth-order valence-corrected chi connectivity index (χ4v) is 3.49. The molecule has 0 saturated heterocycles. The van der Waals surface area contributed by atoms with Gasteiger partial charge in [-0.2, -0.15) is 0 Å². The molecule has 0 aromatic carbocycles. The molecule has 3 heterocycles. The second-order valence-corrected chi connectivity index (χ2v) is 8.30. The average molecular weight is 441 g/mol. The summed E-state index contributed by atoms with van der Waals surface area (Å²) in [5.41, 5.74) is 2.11. The van der Waals surface area contributed by atoms with E-state index in [4.69, 9.17) is 4.74 Å². The molecule has 164 valence electrons. The molecule has 8 heteroatoms. The van der Waals surface area contributed by atoms with Gasteiger partial charge in [-0.05, 0) is 57.5 Å². The molecule has 0 saturated carbocycles. The molecule has 3 aromatic heterocycles. The first-order chi connectivity index (χ1) is 14.7. The van der Waals surface area contributed by atoms with Gasteiger partial charge in [-0.3, -0.25) is 0 Å². The first kappa shape index (κ1) is 24.1. The van der Waals surface area contributed by atoms with Crippen molar-refractivity contribution in [3.05, 3.63) is 52.8 Å². The summed E-state index contributed by atoms with van der Waals surface area (Å²) >= 11 is 1.47. The number of hydrogen-bond donors (Lipinski definition) is 1. The summed E-state index contributed by atoms with van der Waals surface area (Å²) in [4.78, 5) is 36.0. The third-order valence-electron chi connectivity index (χ3n) is 3.76. The standard InChI is InChI=1S/C20H22N4O2S.C3H6O/c1-5-26-20(25)17-18(27-19(24-17)12(2)3)14-7-6-8-15(22-14)23-16-11-13(4)9-10-21-16;1-3(2)4/h6-12H,5H2,1-4H3,(H,21,22,23);1-2H3. The minimum absolute atomic E-state index is 0.167. The molecule has 0 fully saturated rings. The molecule has 7 nitrogen and oxygen atoms in total. The van der Waals surface area contributed by atoms with Crippen LogP contribution in [0.5, 0.6) is 0 Å². The predicted octanol–water partition coefficient (Wildman–Crippen LogP) is 5.55. The van der Waals surface area contributed by atoms with Crippen LogP contribution in [0.25, 0.3) is 10.6 Å². The van der Waals surface area contributed by atoms with Gasteiger partial charge in [-0.15, -0.1) is 11.3 Å². The minimum Gasteiger partial charge on any atom is -0.461 e. The molecular weight excluding hydrogens is 412 g/mol. The third kappa shape index (κ3) is 7.25. The van der Waals surface area contributed by atoms with Gasteiger partial charge >= 0.3 is 5.97 Å². The highest BCUT2D eigenvalue weighted by Gasteiger charge is 2.22. The minimum atomic E-state index is -0.420. The Labute approximate surface area is 186 Å². The van der Waals surface area contributed by atoms with Crippen LogP contribution >= 0.6 is 11.3 Å². The summed E-state index contributed by atoms with van der Waals surface area (Å²) in [6.07, 6.45) is 1.75. The number of nitrogens with one attached hydrogen (secondary N) is 1. The van der Waals surface area contributed by atoms with Crippen molar-refractivity contribution in [1.82, 2.24) is 15.0 Å². The Balaban J connectivity index is 0.000000785. The molecular formula is C23H28N4O3S. The zero-order valence-electron chi connectivity index (χ0n) is 18.7. The van der Waals surface area contributed by atoms with E-state index in [9.17, 15) is 9.59 Å². The lowest BCUT2D eigenvalue weighted by Crippen LogP contribution is -2.07. The maximum atomic E-state index is 12.4. The molecule has 0 bridgehead atoms. The Morgan fingerprint density at radius 1 is 1.13 bits per heavy atom. The highest BCUT2D eigenvalue weighted by Crippen LogP contribution is 2.33. The van der Waals surface area contributed by atoms with Gasteiger partial charge in [0.15, 0.2) is 5.69 Å². The van der Waals surface area contributed by atoms with Crippen molar-refractivity contribution in [2.24, 2.45) is 0 Å². The summed E-state index contributed by atoms with van der Waals surface area (Å²) in [5, 5.41) is 4.09. The number of esters is 1.